The molecule has 2 heterocycles. The third kappa shape index (κ3) is 5.00. The molecule has 0 bridgehead atoms. The number of halogens is 1. The van der Waals surface area contributed by atoms with Gasteiger partial charge in [0, 0.05) is 28.5 Å². The van der Waals surface area contributed by atoms with Gasteiger partial charge in [-0.05, 0) is 63.1 Å². The van der Waals surface area contributed by atoms with Gasteiger partial charge < -0.3 is 9.47 Å². The molecule has 1 aliphatic rings. The predicted octanol–water partition coefficient (Wildman–Crippen LogP) is 5.12. The minimum absolute atomic E-state index is 0.00127. The summed E-state index contributed by atoms with van der Waals surface area (Å²) in [6.07, 6.45) is 1.91. The van der Waals surface area contributed by atoms with E-state index >= 15 is 0 Å². The van der Waals surface area contributed by atoms with Crippen molar-refractivity contribution in [2.45, 2.75) is 50.2 Å². The van der Waals surface area contributed by atoms with Crippen LogP contribution in [0, 0.1) is 0 Å². The van der Waals surface area contributed by atoms with Gasteiger partial charge in [-0.15, -0.1) is 0 Å². The van der Waals surface area contributed by atoms with Gasteiger partial charge in [0.05, 0.1) is 30.2 Å². The molecule has 2 aromatic carbocycles. The van der Waals surface area contributed by atoms with Crippen molar-refractivity contribution in [2.75, 3.05) is 13.2 Å². The summed E-state index contributed by atoms with van der Waals surface area (Å²) in [6, 6.07) is 10.6. The summed E-state index contributed by atoms with van der Waals surface area (Å²) in [5, 5.41) is 1.66. The van der Waals surface area contributed by atoms with E-state index in [-0.39, 0.29) is 17.4 Å². The van der Waals surface area contributed by atoms with Crippen molar-refractivity contribution in [3.05, 3.63) is 62.9 Å². The molecule has 0 spiro atoms. The lowest BCUT2D eigenvalue weighted by molar-refractivity contribution is 0.0937. The van der Waals surface area contributed by atoms with Gasteiger partial charge in [0.1, 0.15) is 5.75 Å². The van der Waals surface area contributed by atoms with Crippen molar-refractivity contribution >= 4 is 40.0 Å². The quantitative estimate of drug-likeness (QED) is 0.257. The average molecular weight is 473 g/mol. The van der Waals surface area contributed by atoms with Crippen LogP contribution in [-0.4, -0.2) is 34.7 Å². The Hall–Kier alpha value is -2.35. The molecule has 0 N–H and O–H groups in total. The Balaban J connectivity index is 1.72. The van der Waals surface area contributed by atoms with Crippen LogP contribution < -0.4 is 10.3 Å². The number of carbonyl (C=O) groups is 1. The Bertz CT molecular complexity index is 1200. The second kappa shape index (κ2) is 10.1. The first-order chi connectivity index (χ1) is 15.5. The van der Waals surface area contributed by atoms with Crippen LogP contribution in [0.2, 0.25) is 5.02 Å². The van der Waals surface area contributed by atoms with Crippen molar-refractivity contribution in [3.8, 4) is 5.75 Å². The van der Waals surface area contributed by atoms with Gasteiger partial charge in [0.2, 0.25) is 0 Å². The van der Waals surface area contributed by atoms with Crippen LogP contribution in [-0.2, 0) is 17.0 Å². The molecule has 0 aliphatic carbocycles. The predicted molar refractivity (Wildman–Crippen MR) is 127 cm³/mol. The van der Waals surface area contributed by atoms with Gasteiger partial charge in [-0.1, -0.05) is 23.4 Å². The molecule has 4 rings (SSSR count). The number of ketones is 1. The summed E-state index contributed by atoms with van der Waals surface area (Å²) in [6.45, 7) is 5.16. The third-order valence-electron chi connectivity index (χ3n) is 5.42. The number of ether oxygens (including phenoxy) is 2. The molecular weight excluding hydrogens is 448 g/mol. The molecule has 32 heavy (non-hydrogen) atoms. The van der Waals surface area contributed by atoms with Crippen molar-refractivity contribution in [3.63, 3.8) is 0 Å². The topological polar surface area (TPSA) is 70.4 Å². The first-order valence-electron chi connectivity index (χ1n) is 10.7. The monoisotopic (exact) mass is 472 g/mol. The van der Waals surface area contributed by atoms with Crippen molar-refractivity contribution in [1.29, 1.82) is 0 Å². The zero-order valence-electron chi connectivity index (χ0n) is 18.1. The fraction of sp³-hybridized carbons (Fsp3) is 0.375. The number of Topliss-reactive ketones (excluding diaryl/α,β-unsaturated/α-hetero) is 1. The lowest BCUT2D eigenvalue weighted by Crippen LogP contribution is -2.28. The molecule has 8 heteroatoms. The molecule has 3 aromatic rings. The number of carbonyl (C=O) groups excluding carboxylic acids is 1. The highest BCUT2D eigenvalue weighted by atomic mass is 35.5. The number of rotatable bonds is 8. The second-order valence-electron chi connectivity index (χ2n) is 7.71. The maximum absolute atomic E-state index is 13.3. The largest absolute Gasteiger partial charge is 0.494 e. The van der Waals surface area contributed by atoms with E-state index in [4.69, 9.17) is 26.1 Å². The molecule has 1 unspecified atom stereocenters. The second-order valence-corrected chi connectivity index (χ2v) is 9.09. The molecular formula is C24H25ClN2O4S. The average Bonchev–Trinajstić information content (AvgIpc) is 3.28. The molecule has 0 saturated carbocycles. The summed E-state index contributed by atoms with van der Waals surface area (Å²) in [7, 11) is 0. The minimum atomic E-state index is -0.104. The van der Waals surface area contributed by atoms with Gasteiger partial charge in [-0.3, -0.25) is 14.2 Å². The number of hydrogen-bond donors (Lipinski definition) is 0. The van der Waals surface area contributed by atoms with E-state index in [2.05, 4.69) is 0 Å². The van der Waals surface area contributed by atoms with E-state index in [0.717, 1.165) is 24.2 Å². The Morgan fingerprint density at radius 3 is 2.88 bits per heavy atom. The zero-order chi connectivity index (χ0) is 22.7. The summed E-state index contributed by atoms with van der Waals surface area (Å²) >= 11 is 7.59. The lowest BCUT2D eigenvalue weighted by Gasteiger charge is -2.17. The smallest absolute Gasteiger partial charge is 0.262 e. The summed E-state index contributed by atoms with van der Waals surface area (Å²) in [5.74, 6) is 1.22. The van der Waals surface area contributed by atoms with Crippen molar-refractivity contribution in [1.82, 2.24) is 9.55 Å². The third-order valence-corrected chi connectivity index (χ3v) is 6.68. The van der Waals surface area contributed by atoms with Crippen LogP contribution >= 0.6 is 23.4 Å². The molecule has 0 amide bonds. The normalized spacial score (nSPS) is 15.9. The fourth-order valence-electron chi connectivity index (χ4n) is 3.79. The van der Waals surface area contributed by atoms with Gasteiger partial charge in [-0.2, -0.15) is 0 Å². The summed E-state index contributed by atoms with van der Waals surface area (Å²) in [4.78, 5) is 30.0. The molecule has 1 saturated heterocycles. The van der Waals surface area contributed by atoms with Crippen LogP contribution in [0.4, 0.5) is 0 Å². The number of hydrogen-bond acceptors (Lipinski definition) is 6. The van der Waals surface area contributed by atoms with Crippen LogP contribution in [0.15, 0.2) is 46.3 Å². The van der Waals surface area contributed by atoms with E-state index in [1.54, 1.807) is 35.8 Å². The van der Waals surface area contributed by atoms with Gasteiger partial charge in [-0.25, -0.2) is 4.98 Å². The van der Waals surface area contributed by atoms with Gasteiger partial charge >= 0.3 is 0 Å². The highest BCUT2D eigenvalue weighted by Gasteiger charge is 2.21. The molecule has 1 aliphatic heterocycles. The van der Waals surface area contributed by atoms with Crippen molar-refractivity contribution in [2.24, 2.45) is 0 Å². The number of fused-ring (bicyclic) bond motifs is 1. The van der Waals surface area contributed by atoms with Crippen LogP contribution in [0.25, 0.3) is 10.9 Å². The van der Waals surface area contributed by atoms with E-state index in [9.17, 15) is 9.59 Å². The number of nitrogens with zero attached hydrogens (tertiary/aromatic N) is 2. The molecule has 0 radical (unpaired) electrons. The zero-order valence-corrected chi connectivity index (χ0v) is 19.7. The summed E-state index contributed by atoms with van der Waals surface area (Å²) < 4.78 is 13.2. The maximum Gasteiger partial charge on any atom is 0.262 e. The lowest BCUT2D eigenvalue weighted by atomic mass is 10.1. The molecule has 6 nitrogen and oxygen atoms in total. The highest BCUT2D eigenvalue weighted by Crippen LogP contribution is 2.30. The molecule has 1 fully saturated rings. The number of aromatic nitrogens is 2. The van der Waals surface area contributed by atoms with E-state index in [1.165, 1.54) is 11.8 Å². The van der Waals surface area contributed by atoms with Crippen molar-refractivity contribution < 1.29 is 14.3 Å². The fourth-order valence-corrected chi connectivity index (χ4v) is 4.94. The van der Waals surface area contributed by atoms with Crippen LogP contribution in [0.1, 0.15) is 42.6 Å². The van der Waals surface area contributed by atoms with E-state index < -0.39 is 0 Å². The minimum Gasteiger partial charge on any atom is -0.494 e. The van der Waals surface area contributed by atoms with E-state index in [1.807, 2.05) is 19.1 Å². The Morgan fingerprint density at radius 2 is 2.16 bits per heavy atom. The van der Waals surface area contributed by atoms with Crippen LogP contribution in [0.3, 0.4) is 0 Å². The first kappa shape index (κ1) is 22.8. The number of thioether (sulfide) groups is 1. The standard InChI is InChI=1S/C24H25ClN2O4S/c1-3-30-22-9-6-16(15(2)28)11-17(22)14-32-24-26-21-12-18(25)7-8-20(21)23(29)27(24)13-19-5-4-10-31-19/h6-9,11-12,19H,3-5,10,13-14H2,1-2H3. The molecule has 1 aromatic heterocycles. The van der Waals surface area contributed by atoms with Gasteiger partial charge in [0.15, 0.2) is 10.9 Å². The SMILES string of the molecule is CCOc1ccc(C(C)=O)cc1CSc1nc2cc(Cl)ccc2c(=O)n1CC1CCCO1. The first-order valence-corrected chi connectivity index (χ1v) is 12.0. The van der Waals surface area contributed by atoms with Crippen LogP contribution in [0.5, 0.6) is 5.75 Å². The van der Waals surface area contributed by atoms with Gasteiger partial charge in [0.25, 0.3) is 5.56 Å². The molecule has 1 atom stereocenters. The van der Waals surface area contributed by atoms with E-state index in [0.29, 0.717) is 52.2 Å². The Labute approximate surface area is 195 Å². The number of benzene rings is 2. The summed E-state index contributed by atoms with van der Waals surface area (Å²) in [5.41, 5.74) is 1.97. The highest BCUT2D eigenvalue weighted by molar-refractivity contribution is 7.98. The Kier molecular flexibility index (Phi) is 7.18. The Morgan fingerprint density at radius 1 is 1.31 bits per heavy atom. The maximum atomic E-state index is 13.3. The molecule has 168 valence electrons.